The molecule has 0 saturated carbocycles. The molecule has 0 aromatic heterocycles. The molecule has 74 valence electrons. The Morgan fingerprint density at radius 1 is 1.42 bits per heavy atom. The molecule has 0 bridgehead atoms. The Balaban J connectivity index is 3.86. The average molecular weight is 175 g/mol. The van der Waals surface area contributed by atoms with Gasteiger partial charge in [-0.05, 0) is 27.7 Å². The van der Waals surface area contributed by atoms with Gasteiger partial charge in [0.05, 0.1) is 12.7 Å². The summed E-state index contributed by atoms with van der Waals surface area (Å²) in [6, 6.07) is 0. The molecule has 12 heavy (non-hydrogen) atoms. The van der Waals surface area contributed by atoms with E-state index >= 15 is 0 Å². The highest BCUT2D eigenvalue weighted by atomic mass is 16.5. The molecule has 0 aromatic rings. The zero-order valence-corrected chi connectivity index (χ0v) is 8.59. The summed E-state index contributed by atoms with van der Waals surface area (Å²) in [5, 5.41) is 0. The lowest BCUT2D eigenvalue weighted by molar-refractivity contribution is -0.105. The molecule has 0 aliphatic rings. The van der Waals surface area contributed by atoms with Crippen molar-refractivity contribution in [2.75, 3.05) is 19.8 Å². The number of ether oxygens (including phenoxy) is 2. The Hall–Kier alpha value is -0.120. The minimum atomic E-state index is -0.329. The molecule has 2 N–H and O–H groups in total. The van der Waals surface area contributed by atoms with Crippen LogP contribution in [0.15, 0.2) is 0 Å². The third-order valence-electron chi connectivity index (χ3n) is 1.56. The summed E-state index contributed by atoms with van der Waals surface area (Å²) < 4.78 is 10.9. The fourth-order valence-corrected chi connectivity index (χ4v) is 1.03. The van der Waals surface area contributed by atoms with Crippen molar-refractivity contribution in [1.82, 2.24) is 0 Å². The van der Waals surface area contributed by atoms with E-state index in [0.29, 0.717) is 19.8 Å². The van der Waals surface area contributed by atoms with Gasteiger partial charge in [-0.3, -0.25) is 0 Å². The van der Waals surface area contributed by atoms with Crippen molar-refractivity contribution in [2.24, 2.45) is 5.73 Å². The summed E-state index contributed by atoms with van der Waals surface area (Å²) in [4.78, 5) is 0. The molecule has 0 saturated heterocycles. The third kappa shape index (κ3) is 4.70. The number of rotatable bonds is 6. The standard InChI is InChI=1S/C9H21NO2/c1-5-11-7-9(4,6-10)12-8(2)3/h8H,5-7,10H2,1-4H3. The lowest BCUT2D eigenvalue weighted by atomic mass is 10.1. The molecule has 0 fully saturated rings. The van der Waals surface area contributed by atoms with Gasteiger partial charge in [0.25, 0.3) is 0 Å². The quantitative estimate of drug-likeness (QED) is 0.659. The van der Waals surface area contributed by atoms with E-state index in [1.165, 1.54) is 0 Å². The van der Waals surface area contributed by atoms with Crippen molar-refractivity contribution in [3.63, 3.8) is 0 Å². The van der Waals surface area contributed by atoms with E-state index < -0.39 is 0 Å². The van der Waals surface area contributed by atoms with Crippen molar-refractivity contribution in [1.29, 1.82) is 0 Å². The van der Waals surface area contributed by atoms with Gasteiger partial charge in [0.1, 0.15) is 5.60 Å². The summed E-state index contributed by atoms with van der Waals surface area (Å²) in [5.41, 5.74) is 5.26. The van der Waals surface area contributed by atoms with E-state index in [-0.39, 0.29) is 11.7 Å². The minimum absolute atomic E-state index is 0.194. The molecule has 1 atom stereocenters. The van der Waals surface area contributed by atoms with Crippen LogP contribution in [0.2, 0.25) is 0 Å². The SMILES string of the molecule is CCOCC(C)(CN)OC(C)C. The van der Waals surface area contributed by atoms with Crippen LogP contribution in [0.3, 0.4) is 0 Å². The van der Waals surface area contributed by atoms with E-state index in [1.807, 2.05) is 27.7 Å². The van der Waals surface area contributed by atoms with Crippen LogP contribution in [0.4, 0.5) is 0 Å². The summed E-state index contributed by atoms with van der Waals surface area (Å²) in [5.74, 6) is 0. The van der Waals surface area contributed by atoms with E-state index in [0.717, 1.165) is 0 Å². The zero-order valence-electron chi connectivity index (χ0n) is 8.59. The predicted molar refractivity (Wildman–Crippen MR) is 50.2 cm³/mol. The van der Waals surface area contributed by atoms with Gasteiger partial charge in [-0.1, -0.05) is 0 Å². The number of hydrogen-bond donors (Lipinski definition) is 1. The predicted octanol–water partition coefficient (Wildman–Crippen LogP) is 1.17. The second kappa shape index (κ2) is 5.51. The Bertz CT molecular complexity index is 117. The van der Waals surface area contributed by atoms with Gasteiger partial charge in [0, 0.05) is 13.2 Å². The lowest BCUT2D eigenvalue weighted by Gasteiger charge is -2.30. The number of hydrogen-bond acceptors (Lipinski definition) is 3. The van der Waals surface area contributed by atoms with Crippen LogP contribution in [0.1, 0.15) is 27.7 Å². The molecular weight excluding hydrogens is 154 g/mol. The van der Waals surface area contributed by atoms with Gasteiger partial charge in [-0.15, -0.1) is 0 Å². The molecule has 3 nitrogen and oxygen atoms in total. The number of nitrogens with two attached hydrogens (primary N) is 1. The van der Waals surface area contributed by atoms with Crippen LogP contribution in [0.25, 0.3) is 0 Å². The Morgan fingerprint density at radius 2 is 2.00 bits per heavy atom. The molecule has 0 radical (unpaired) electrons. The van der Waals surface area contributed by atoms with Gasteiger partial charge in [0.2, 0.25) is 0 Å². The van der Waals surface area contributed by atoms with Gasteiger partial charge >= 0.3 is 0 Å². The molecule has 0 aliphatic heterocycles. The van der Waals surface area contributed by atoms with E-state index in [9.17, 15) is 0 Å². The first-order valence-electron chi connectivity index (χ1n) is 4.49. The summed E-state index contributed by atoms with van der Waals surface area (Å²) in [7, 11) is 0. The molecule has 0 spiro atoms. The van der Waals surface area contributed by atoms with Crippen LogP contribution in [0, 0.1) is 0 Å². The molecule has 0 aliphatic carbocycles. The van der Waals surface area contributed by atoms with E-state index in [4.69, 9.17) is 15.2 Å². The normalized spacial score (nSPS) is 16.5. The molecule has 3 heteroatoms. The second-order valence-electron chi connectivity index (χ2n) is 3.46. The monoisotopic (exact) mass is 175 g/mol. The first-order chi connectivity index (χ1) is 5.54. The summed E-state index contributed by atoms with van der Waals surface area (Å²) in [6.07, 6.45) is 0.194. The lowest BCUT2D eigenvalue weighted by Crippen LogP contribution is -2.43. The smallest absolute Gasteiger partial charge is 0.101 e. The average Bonchev–Trinajstić information content (AvgIpc) is 2.00. The van der Waals surface area contributed by atoms with Gasteiger partial charge in [0.15, 0.2) is 0 Å². The Labute approximate surface area is 75.2 Å². The van der Waals surface area contributed by atoms with E-state index in [1.54, 1.807) is 0 Å². The maximum atomic E-state index is 5.64. The molecule has 0 rings (SSSR count). The first kappa shape index (κ1) is 11.9. The fourth-order valence-electron chi connectivity index (χ4n) is 1.03. The molecular formula is C9H21NO2. The maximum absolute atomic E-state index is 5.64. The Morgan fingerprint density at radius 3 is 2.33 bits per heavy atom. The molecule has 0 heterocycles. The van der Waals surface area contributed by atoms with Crippen LogP contribution in [-0.4, -0.2) is 31.5 Å². The first-order valence-corrected chi connectivity index (χ1v) is 4.49. The maximum Gasteiger partial charge on any atom is 0.101 e. The summed E-state index contributed by atoms with van der Waals surface area (Å²) >= 11 is 0. The molecule has 0 aromatic carbocycles. The highest BCUT2D eigenvalue weighted by Gasteiger charge is 2.24. The fraction of sp³-hybridized carbons (Fsp3) is 1.00. The van der Waals surface area contributed by atoms with Crippen molar-refractivity contribution >= 4 is 0 Å². The van der Waals surface area contributed by atoms with Gasteiger partial charge < -0.3 is 15.2 Å². The highest BCUT2D eigenvalue weighted by Crippen LogP contribution is 2.11. The Kier molecular flexibility index (Phi) is 5.46. The van der Waals surface area contributed by atoms with Crippen molar-refractivity contribution in [3.8, 4) is 0 Å². The van der Waals surface area contributed by atoms with Crippen LogP contribution < -0.4 is 5.73 Å². The van der Waals surface area contributed by atoms with Crippen molar-refractivity contribution in [2.45, 2.75) is 39.4 Å². The largest absolute Gasteiger partial charge is 0.379 e. The zero-order chi connectivity index (χ0) is 9.61. The summed E-state index contributed by atoms with van der Waals surface area (Å²) in [6.45, 7) is 9.70. The van der Waals surface area contributed by atoms with Crippen molar-refractivity contribution < 1.29 is 9.47 Å². The molecule has 0 amide bonds. The topological polar surface area (TPSA) is 44.5 Å². The minimum Gasteiger partial charge on any atom is -0.379 e. The highest BCUT2D eigenvalue weighted by molar-refractivity contribution is 4.76. The van der Waals surface area contributed by atoms with E-state index in [2.05, 4.69) is 0 Å². The third-order valence-corrected chi connectivity index (χ3v) is 1.56. The van der Waals surface area contributed by atoms with Crippen molar-refractivity contribution in [3.05, 3.63) is 0 Å². The van der Waals surface area contributed by atoms with Crippen LogP contribution in [-0.2, 0) is 9.47 Å². The molecule has 1 unspecified atom stereocenters. The van der Waals surface area contributed by atoms with Gasteiger partial charge in [-0.25, -0.2) is 0 Å². The van der Waals surface area contributed by atoms with Crippen LogP contribution >= 0.6 is 0 Å². The van der Waals surface area contributed by atoms with Crippen LogP contribution in [0.5, 0.6) is 0 Å². The van der Waals surface area contributed by atoms with Gasteiger partial charge in [-0.2, -0.15) is 0 Å². The second-order valence-corrected chi connectivity index (χ2v) is 3.46.